The quantitative estimate of drug-likeness (QED) is 0.354. The molecule has 0 unspecified atom stereocenters. The van der Waals surface area contributed by atoms with Gasteiger partial charge in [-0.2, -0.15) is 13.2 Å². The average molecular weight is 532 g/mol. The van der Waals surface area contributed by atoms with Gasteiger partial charge in [-0.05, 0) is 40.6 Å². The largest absolute Gasteiger partial charge is 0.433 e. The molecule has 1 aromatic heterocycles. The number of para-hydroxylation sites is 1. The summed E-state index contributed by atoms with van der Waals surface area (Å²) >= 11 is 0. The number of hydrogen-bond acceptors (Lipinski definition) is 4. The Morgan fingerprint density at radius 3 is 2.21 bits per heavy atom. The molecule has 3 aromatic carbocycles. The molecule has 198 valence electrons. The number of benzene rings is 3. The summed E-state index contributed by atoms with van der Waals surface area (Å²) in [6.07, 6.45) is -3.42. The van der Waals surface area contributed by atoms with Crippen molar-refractivity contribution < 1.29 is 22.8 Å². The third kappa shape index (κ3) is 3.52. The topological polar surface area (TPSA) is 75.2 Å². The number of halogens is 3. The van der Waals surface area contributed by atoms with E-state index >= 15 is 0 Å². The molecule has 0 bridgehead atoms. The Hall–Kier alpha value is -4.40. The molecule has 9 heteroatoms. The number of fused-ring (bicyclic) bond motifs is 3. The van der Waals surface area contributed by atoms with Crippen LogP contribution in [-0.2, 0) is 21.2 Å². The second kappa shape index (κ2) is 8.30. The van der Waals surface area contributed by atoms with E-state index in [9.17, 15) is 27.6 Å². The number of aromatic nitrogens is 2. The third-order valence-corrected chi connectivity index (χ3v) is 7.91. The number of alkyl halides is 3. The lowest BCUT2D eigenvalue weighted by molar-refractivity contribution is -0.146. The summed E-state index contributed by atoms with van der Waals surface area (Å²) in [5.41, 5.74) is -1.05. The molecule has 0 radical (unpaired) electrons. The summed E-state index contributed by atoms with van der Waals surface area (Å²) in [6, 6.07) is 19.6. The molecular weight excluding hydrogens is 507 g/mol. The van der Waals surface area contributed by atoms with E-state index in [1.54, 1.807) is 24.3 Å². The molecule has 0 atom stereocenters. The molecule has 6 nitrogen and oxygen atoms in total. The zero-order valence-electron chi connectivity index (χ0n) is 21.3. The smallest absolute Gasteiger partial charge is 0.347 e. The van der Waals surface area contributed by atoms with E-state index in [4.69, 9.17) is 0 Å². The van der Waals surface area contributed by atoms with Crippen molar-refractivity contribution in [2.24, 2.45) is 5.92 Å². The van der Waals surface area contributed by atoms with Crippen LogP contribution in [-0.4, -0.2) is 28.4 Å². The number of anilines is 1. The molecule has 2 heterocycles. The molecule has 0 spiro atoms. The molecular formula is C30H24F3N3O3. The Kier molecular flexibility index (Phi) is 5.30. The fourth-order valence-corrected chi connectivity index (χ4v) is 6.04. The molecule has 1 aliphatic heterocycles. The number of likely N-dealkylation sites (N-methyl/N-ethyl adjacent to an activating group) is 1. The molecule has 4 aromatic rings. The number of nitrogens with zero attached hydrogens (tertiary/aromatic N) is 2. The Morgan fingerprint density at radius 1 is 0.897 bits per heavy atom. The van der Waals surface area contributed by atoms with Gasteiger partial charge in [0.1, 0.15) is 11.6 Å². The highest BCUT2D eigenvalue weighted by molar-refractivity contribution is 6.29. The zero-order valence-corrected chi connectivity index (χ0v) is 21.3. The van der Waals surface area contributed by atoms with Crippen molar-refractivity contribution in [3.05, 3.63) is 106 Å². The number of carbonyl (C=O) groups is 2. The first-order chi connectivity index (χ1) is 18.4. The van der Waals surface area contributed by atoms with Gasteiger partial charge in [0.15, 0.2) is 11.6 Å². The van der Waals surface area contributed by atoms with Gasteiger partial charge in [-0.3, -0.25) is 19.5 Å². The van der Waals surface area contributed by atoms with E-state index < -0.39 is 51.8 Å². The minimum absolute atomic E-state index is 0.163. The number of hydrogen-bond donors (Lipinski definition) is 1. The molecule has 1 saturated carbocycles. The van der Waals surface area contributed by atoms with E-state index in [1.165, 1.54) is 12.1 Å². The van der Waals surface area contributed by atoms with E-state index in [2.05, 4.69) is 5.10 Å². The van der Waals surface area contributed by atoms with Gasteiger partial charge in [-0.1, -0.05) is 62.4 Å². The maximum atomic E-state index is 14.0. The van der Waals surface area contributed by atoms with Gasteiger partial charge in [0.2, 0.25) is 0 Å². The number of Topliss-reactive ketones (excluding diaryl/α,β-unsaturated/α-hetero) is 2. The summed E-state index contributed by atoms with van der Waals surface area (Å²) in [5, 5.41) is 4.18. The molecule has 0 saturated heterocycles. The van der Waals surface area contributed by atoms with Gasteiger partial charge in [-0.15, -0.1) is 0 Å². The van der Waals surface area contributed by atoms with Crippen LogP contribution in [0.15, 0.2) is 83.3 Å². The maximum Gasteiger partial charge on any atom is 0.433 e. The standard InChI is InChI=1S/C30H24F3N3O3/c1-29(2)21(35(3)20-14-13-16-9-7-8-12-18(16)24(20)29)15-19-25(37)22(26(19)38)23-27(30(31,32)33)34-36(28(23)39)17-10-5-4-6-11-17/h4-15,19,22,34H,1-3H3/b21-15-. The van der Waals surface area contributed by atoms with Crippen molar-refractivity contribution in [3.8, 4) is 5.69 Å². The highest BCUT2D eigenvalue weighted by atomic mass is 19.4. The van der Waals surface area contributed by atoms with Gasteiger partial charge < -0.3 is 4.90 Å². The number of ketones is 2. The zero-order chi connectivity index (χ0) is 27.9. The monoisotopic (exact) mass is 531 g/mol. The fourth-order valence-electron chi connectivity index (χ4n) is 6.04. The Labute approximate surface area is 221 Å². The van der Waals surface area contributed by atoms with Crippen molar-refractivity contribution in [1.29, 1.82) is 0 Å². The summed E-state index contributed by atoms with van der Waals surface area (Å²) in [7, 11) is 1.84. The predicted octanol–water partition coefficient (Wildman–Crippen LogP) is 5.50. The van der Waals surface area contributed by atoms with Crippen molar-refractivity contribution in [3.63, 3.8) is 0 Å². The normalized spacial score (nSPS) is 21.5. The van der Waals surface area contributed by atoms with Crippen LogP contribution < -0.4 is 10.5 Å². The van der Waals surface area contributed by atoms with E-state index in [0.717, 1.165) is 26.7 Å². The molecule has 1 aliphatic carbocycles. The third-order valence-electron chi connectivity index (χ3n) is 7.91. The van der Waals surface area contributed by atoms with Crippen LogP contribution in [0.4, 0.5) is 18.9 Å². The first-order valence-electron chi connectivity index (χ1n) is 12.5. The molecule has 39 heavy (non-hydrogen) atoms. The lowest BCUT2D eigenvalue weighted by Gasteiger charge is -2.33. The minimum Gasteiger partial charge on any atom is -0.347 e. The van der Waals surface area contributed by atoms with Gasteiger partial charge >= 0.3 is 6.18 Å². The van der Waals surface area contributed by atoms with Crippen LogP contribution in [0, 0.1) is 5.92 Å². The second-order valence-corrected chi connectivity index (χ2v) is 10.5. The van der Waals surface area contributed by atoms with Crippen LogP contribution in [0.1, 0.15) is 36.6 Å². The van der Waals surface area contributed by atoms with Gasteiger partial charge in [0, 0.05) is 23.8 Å². The highest BCUT2D eigenvalue weighted by Gasteiger charge is 2.55. The van der Waals surface area contributed by atoms with Crippen LogP contribution in [0.2, 0.25) is 0 Å². The number of nitrogens with one attached hydrogen (secondary N) is 1. The van der Waals surface area contributed by atoms with Crippen LogP contribution >= 0.6 is 0 Å². The molecule has 6 rings (SSSR count). The number of rotatable bonds is 3. The molecule has 1 N–H and O–H groups in total. The number of allylic oxidation sites excluding steroid dienone is 2. The van der Waals surface area contributed by atoms with Gasteiger partial charge in [0.05, 0.1) is 17.2 Å². The maximum absolute atomic E-state index is 14.0. The summed E-state index contributed by atoms with van der Waals surface area (Å²) in [4.78, 5) is 41.7. The number of carbonyl (C=O) groups excluding carboxylic acids is 2. The molecule has 1 fully saturated rings. The number of H-pyrrole nitrogens is 1. The van der Waals surface area contributed by atoms with Crippen LogP contribution in [0.25, 0.3) is 16.5 Å². The minimum atomic E-state index is -4.96. The van der Waals surface area contributed by atoms with E-state index in [1.807, 2.05) is 62.2 Å². The summed E-state index contributed by atoms with van der Waals surface area (Å²) in [5.74, 6) is -4.47. The van der Waals surface area contributed by atoms with Gasteiger partial charge in [0.25, 0.3) is 5.56 Å². The van der Waals surface area contributed by atoms with Crippen molar-refractivity contribution in [2.45, 2.75) is 31.4 Å². The van der Waals surface area contributed by atoms with Crippen LogP contribution in [0.3, 0.4) is 0 Å². The highest BCUT2D eigenvalue weighted by Crippen LogP contribution is 2.51. The van der Waals surface area contributed by atoms with Crippen molar-refractivity contribution >= 4 is 28.0 Å². The van der Waals surface area contributed by atoms with E-state index in [-0.39, 0.29) is 5.69 Å². The second-order valence-electron chi connectivity index (χ2n) is 10.5. The van der Waals surface area contributed by atoms with Crippen molar-refractivity contribution in [1.82, 2.24) is 9.78 Å². The average Bonchev–Trinajstić information content (AvgIpc) is 3.34. The summed E-state index contributed by atoms with van der Waals surface area (Å²) in [6.45, 7) is 3.98. The lowest BCUT2D eigenvalue weighted by Crippen LogP contribution is -2.48. The first kappa shape index (κ1) is 24.9. The molecule has 2 aliphatic rings. The Balaban J connectivity index is 1.40. The van der Waals surface area contributed by atoms with Crippen LogP contribution in [0.5, 0.6) is 0 Å². The Morgan fingerprint density at radius 2 is 1.54 bits per heavy atom. The summed E-state index contributed by atoms with van der Waals surface area (Å²) < 4.78 is 42.6. The van der Waals surface area contributed by atoms with E-state index in [0.29, 0.717) is 5.70 Å². The lowest BCUT2D eigenvalue weighted by atomic mass is 9.67. The predicted molar refractivity (Wildman–Crippen MR) is 141 cm³/mol. The SMILES string of the molecule is CN1/C(=C\C2C(=O)C(c3c(C(F)(F)F)[nH]n(-c4ccccc4)c3=O)C2=O)C(C)(C)c2c1ccc1ccccc21. The number of aromatic amines is 1. The molecule has 0 amide bonds. The fraction of sp³-hybridized carbons (Fsp3) is 0.233. The Bertz CT molecular complexity index is 1750. The first-order valence-corrected chi connectivity index (χ1v) is 12.5. The van der Waals surface area contributed by atoms with Gasteiger partial charge in [-0.25, -0.2) is 4.68 Å². The van der Waals surface area contributed by atoms with Crippen molar-refractivity contribution in [2.75, 3.05) is 11.9 Å².